The van der Waals surface area contributed by atoms with Gasteiger partial charge in [0, 0.05) is 24.5 Å². The Hall–Kier alpha value is -0.470. The molecule has 22 heavy (non-hydrogen) atoms. The highest BCUT2D eigenvalue weighted by molar-refractivity contribution is 9.11. The van der Waals surface area contributed by atoms with Crippen molar-refractivity contribution in [3.05, 3.63) is 27.0 Å². The number of nitrogens with zero attached hydrogens (tertiary/aromatic N) is 2. The number of piperidine rings is 1. The maximum absolute atomic E-state index is 12.5. The van der Waals surface area contributed by atoms with Crippen LogP contribution in [0.1, 0.15) is 23.3 Å². The minimum Gasteiger partial charge on any atom is -0.336 e. The number of carbonyl (C=O) groups excluding carboxylic acids is 1. The first kappa shape index (κ1) is 17.9. The maximum Gasteiger partial charge on any atom is 0.273 e. The van der Waals surface area contributed by atoms with Gasteiger partial charge in [-0.15, -0.1) is 35.1 Å². The molecule has 2 aromatic heterocycles. The predicted octanol–water partition coefficient (Wildman–Crippen LogP) is 3.88. The van der Waals surface area contributed by atoms with Crippen LogP contribution < -0.4 is 5.32 Å². The summed E-state index contributed by atoms with van der Waals surface area (Å²) in [5.74, 6) is 0.0491. The molecule has 1 N–H and O–H groups in total. The van der Waals surface area contributed by atoms with Crippen molar-refractivity contribution in [3.8, 4) is 9.88 Å². The number of thiazole rings is 1. The van der Waals surface area contributed by atoms with Gasteiger partial charge < -0.3 is 10.2 Å². The van der Waals surface area contributed by atoms with Crippen molar-refractivity contribution in [2.75, 3.05) is 20.1 Å². The minimum absolute atomic E-state index is 0. The zero-order chi connectivity index (χ0) is 14.8. The van der Waals surface area contributed by atoms with Gasteiger partial charge in [0.2, 0.25) is 0 Å². The Morgan fingerprint density at radius 1 is 1.50 bits per heavy atom. The van der Waals surface area contributed by atoms with Crippen LogP contribution in [0.4, 0.5) is 0 Å². The molecule has 1 atom stereocenters. The molecular weight excluding hydrogens is 406 g/mol. The van der Waals surface area contributed by atoms with Crippen LogP contribution in [0.3, 0.4) is 0 Å². The number of amides is 1. The summed E-state index contributed by atoms with van der Waals surface area (Å²) in [4.78, 5) is 20.1. The highest BCUT2D eigenvalue weighted by Gasteiger charge is 2.25. The second kappa shape index (κ2) is 7.88. The summed E-state index contributed by atoms with van der Waals surface area (Å²) in [6, 6.07) is 4.43. The van der Waals surface area contributed by atoms with Gasteiger partial charge in [-0.3, -0.25) is 4.79 Å². The third kappa shape index (κ3) is 3.89. The SMILES string of the molecule is CNC1CCCN(C(=O)c2csc(-c3ccc(Br)s3)n2)C1.Cl. The van der Waals surface area contributed by atoms with Crippen LogP contribution in [0.25, 0.3) is 9.88 Å². The first-order valence-corrected chi connectivity index (χ1v) is 9.34. The summed E-state index contributed by atoms with van der Waals surface area (Å²) in [6.07, 6.45) is 2.18. The molecule has 0 aliphatic carbocycles. The molecular formula is C14H17BrClN3OS2. The average Bonchev–Trinajstić information content (AvgIpc) is 3.15. The molecule has 1 fully saturated rings. The van der Waals surface area contributed by atoms with Gasteiger partial charge in [0.1, 0.15) is 10.7 Å². The Kier molecular flexibility index (Phi) is 6.40. The van der Waals surface area contributed by atoms with Gasteiger partial charge in [0.05, 0.1) is 8.66 Å². The van der Waals surface area contributed by atoms with E-state index >= 15 is 0 Å². The Balaban J connectivity index is 0.00000176. The lowest BCUT2D eigenvalue weighted by Crippen LogP contribution is -2.47. The van der Waals surface area contributed by atoms with E-state index in [2.05, 4.69) is 26.2 Å². The molecule has 120 valence electrons. The first-order chi connectivity index (χ1) is 10.2. The fourth-order valence-corrected chi connectivity index (χ4v) is 4.73. The lowest BCUT2D eigenvalue weighted by atomic mass is 10.1. The largest absolute Gasteiger partial charge is 0.336 e. The summed E-state index contributed by atoms with van der Waals surface area (Å²) in [5.41, 5.74) is 0.566. The molecule has 3 heterocycles. The van der Waals surface area contributed by atoms with Crippen molar-refractivity contribution in [1.29, 1.82) is 0 Å². The summed E-state index contributed by atoms with van der Waals surface area (Å²) in [7, 11) is 1.95. The number of thiophene rings is 1. The second-order valence-corrected chi connectivity index (χ2v) is 8.34. The number of hydrogen-bond acceptors (Lipinski definition) is 5. The maximum atomic E-state index is 12.5. The summed E-state index contributed by atoms with van der Waals surface area (Å²) in [5, 5.41) is 6.04. The van der Waals surface area contributed by atoms with E-state index in [9.17, 15) is 4.79 Å². The van der Waals surface area contributed by atoms with Crippen molar-refractivity contribution in [3.63, 3.8) is 0 Å². The molecule has 4 nitrogen and oxygen atoms in total. The Labute approximate surface area is 152 Å². The number of likely N-dealkylation sites (tertiary alicyclic amines) is 1. The fourth-order valence-electron chi connectivity index (χ4n) is 2.47. The van der Waals surface area contributed by atoms with E-state index in [0.717, 1.165) is 39.6 Å². The van der Waals surface area contributed by atoms with Gasteiger partial charge in [0.15, 0.2) is 0 Å². The van der Waals surface area contributed by atoms with E-state index in [-0.39, 0.29) is 18.3 Å². The van der Waals surface area contributed by atoms with Crippen molar-refractivity contribution < 1.29 is 4.79 Å². The molecule has 3 rings (SSSR count). The molecule has 1 saturated heterocycles. The molecule has 0 spiro atoms. The minimum atomic E-state index is 0. The number of likely N-dealkylation sites (N-methyl/N-ethyl adjacent to an activating group) is 1. The van der Waals surface area contributed by atoms with Crippen LogP contribution in [-0.2, 0) is 0 Å². The highest BCUT2D eigenvalue weighted by atomic mass is 79.9. The van der Waals surface area contributed by atoms with E-state index < -0.39 is 0 Å². The molecule has 8 heteroatoms. The van der Waals surface area contributed by atoms with Gasteiger partial charge >= 0.3 is 0 Å². The van der Waals surface area contributed by atoms with Gasteiger partial charge in [-0.1, -0.05) is 0 Å². The van der Waals surface area contributed by atoms with Gasteiger partial charge in [0.25, 0.3) is 5.91 Å². The van der Waals surface area contributed by atoms with Crippen LogP contribution in [-0.4, -0.2) is 42.0 Å². The van der Waals surface area contributed by atoms with Crippen molar-refractivity contribution in [1.82, 2.24) is 15.2 Å². The molecule has 0 aromatic carbocycles. The molecule has 0 bridgehead atoms. The topological polar surface area (TPSA) is 45.2 Å². The molecule has 1 unspecified atom stereocenters. The second-order valence-electron chi connectivity index (χ2n) is 5.02. The monoisotopic (exact) mass is 421 g/mol. The quantitative estimate of drug-likeness (QED) is 0.816. The summed E-state index contributed by atoms with van der Waals surface area (Å²) < 4.78 is 1.08. The number of carbonyl (C=O) groups is 1. The van der Waals surface area contributed by atoms with E-state index in [0.29, 0.717) is 11.7 Å². The Morgan fingerprint density at radius 3 is 3.00 bits per heavy atom. The lowest BCUT2D eigenvalue weighted by Gasteiger charge is -2.32. The first-order valence-electron chi connectivity index (χ1n) is 6.85. The number of hydrogen-bond donors (Lipinski definition) is 1. The molecule has 0 saturated carbocycles. The lowest BCUT2D eigenvalue weighted by molar-refractivity contribution is 0.0693. The fraction of sp³-hybridized carbons (Fsp3) is 0.429. The molecule has 1 amide bonds. The van der Waals surface area contributed by atoms with Crippen molar-refractivity contribution in [2.24, 2.45) is 0 Å². The Bertz CT molecular complexity index is 646. The summed E-state index contributed by atoms with van der Waals surface area (Å²) >= 11 is 6.62. The van der Waals surface area contributed by atoms with E-state index in [4.69, 9.17) is 0 Å². The zero-order valence-corrected chi connectivity index (χ0v) is 16.1. The van der Waals surface area contributed by atoms with Gasteiger partial charge in [-0.05, 0) is 48.0 Å². The van der Waals surface area contributed by atoms with E-state index in [1.165, 1.54) is 11.3 Å². The number of aromatic nitrogens is 1. The van der Waals surface area contributed by atoms with Gasteiger partial charge in [-0.2, -0.15) is 0 Å². The van der Waals surface area contributed by atoms with Crippen molar-refractivity contribution >= 4 is 56.9 Å². The molecule has 2 aromatic rings. The normalized spacial score (nSPS) is 18.1. The third-order valence-corrected chi connectivity index (χ3v) is 6.26. The number of nitrogens with one attached hydrogen (secondary N) is 1. The smallest absolute Gasteiger partial charge is 0.273 e. The average molecular weight is 423 g/mol. The molecule has 1 aliphatic heterocycles. The standard InChI is InChI=1S/C14H16BrN3OS2.ClH/c1-16-9-3-2-6-18(7-9)14(19)10-8-20-13(17-10)11-4-5-12(15)21-11;/h4-5,8-9,16H,2-3,6-7H2,1H3;1H. The van der Waals surface area contributed by atoms with Crippen molar-refractivity contribution in [2.45, 2.75) is 18.9 Å². The highest BCUT2D eigenvalue weighted by Crippen LogP contribution is 2.33. The number of halogens is 2. The zero-order valence-electron chi connectivity index (χ0n) is 12.0. The van der Waals surface area contributed by atoms with Crippen LogP contribution >= 0.6 is 51.0 Å². The Morgan fingerprint density at radius 2 is 2.32 bits per heavy atom. The molecule has 0 radical (unpaired) electrons. The van der Waals surface area contributed by atoms with Gasteiger partial charge in [-0.25, -0.2) is 4.98 Å². The van der Waals surface area contributed by atoms with E-state index in [1.807, 2.05) is 29.5 Å². The van der Waals surface area contributed by atoms with Crippen LogP contribution in [0.15, 0.2) is 21.3 Å². The number of rotatable bonds is 3. The van der Waals surface area contributed by atoms with E-state index in [1.54, 1.807) is 11.3 Å². The third-order valence-electron chi connectivity index (χ3n) is 3.62. The van der Waals surface area contributed by atoms with Crippen LogP contribution in [0, 0.1) is 0 Å². The predicted molar refractivity (Wildman–Crippen MR) is 98.4 cm³/mol. The summed E-state index contributed by atoms with van der Waals surface area (Å²) in [6.45, 7) is 1.60. The molecule has 1 aliphatic rings. The van der Waals surface area contributed by atoms with Crippen LogP contribution in [0.2, 0.25) is 0 Å². The van der Waals surface area contributed by atoms with Crippen LogP contribution in [0.5, 0.6) is 0 Å².